The Morgan fingerprint density at radius 2 is 1.93 bits per heavy atom. The molecule has 3 aliphatic rings. The molecule has 1 saturated carbocycles. The van der Waals surface area contributed by atoms with Crippen molar-refractivity contribution >= 4 is 15.8 Å². The summed E-state index contributed by atoms with van der Waals surface area (Å²) in [7, 11) is -1.69. The highest BCUT2D eigenvalue weighted by Crippen LogP contribution is 2.42. The van der Waals surface area contributed by atoms with Crippen molar-refractivity contribution in [3.8, 4) is 0 Å². The molecule has 5 atom stereocenters. The van der Waals surface area contributed by atoms with Gasteiger partial charge in [0.25, 0.3) is 0 Å². The zero-order valence-electron chi connectivity index (χ0n) is 22.9. The number of carbonyl (C=O) groups excluding carboxylic acids is 1. The van der Waals surface area contributed by atoms with Crippen molar-refractivity contribution in [3.05, 3.63) is 70.8 Å². The highest BCUT2D eigenvalue weighted by molar-refractivity contribution is 7.89. The third-order valence-electron chi connectivity index (χ3n) is 9.06. The topological polar surface area (TPSA) is 102 Å². The molecule has 10 heteroatoms. The van der Waals surface area contributed by atoms with E-state index in [9.17, 15) is 17.6 Å². The Bertz CT molecular complexity index is 1300. The summed E-state index contributed by atoms with van der Waals surface area (Å²) < 4.78 is 61.5. The van der Waals surface area contributed by atoms with Gasteiger partial charge in [-0.05, 0) is 79.3 Å². The van der Waals surface area contributed by atoms with Gasteiger partial charge in [0.1, 0.15) is 11.6 Å². The van der Waals surface area contributed by atoms with Gasteiger partial charge < -0.3 is 15.8 Å². The maximum Gasteiger partial charge on any atom is 0.214 e. The van der Waals surface area contributed by atoms with Crippen molar-refractivity contribution in [3.63, 3.8) is 0 Å². The van der Waals surface area contributed by atoms with E-state index < -0.39 is 21.9 Å². The first-order chi connectivity index (χ1) is 19.2. The first kappa shape index (κ1) is 29.3. The smallest absolute Gasteiger partial charge is 0.214 e. The lowest BCUT2D eigenvalue weighted by Crippen LogP contribution is -2.57. The van der Waals surface area contributed by atoms with Gasteiger partial charge in [-0.2, -0.15) is 4.31 Å². The lowest BCUT2D eigenvalue weighted by atomic mass is 9.67. The highest BCUT2D eigenvalue weighted by Gasteiger charge is 2.41. The minimum Gasteiger partial charge on any atom is -0.381 e. The number of nitrogens with one attached hydrogen (secondary N) is 1. The quantitative estimate of drug-likeness (QED) is 0.451. The molecule has 5 rings (SSSR count). The molecule has 218 valence electrons. The zero-order chi connectivity index (χ0) is 28.4. The van der Waals surface area contributed by atoms with Crippen molar-refractivity contribution < 1.29 is 26.7 Å². The number of nitrogens with two attached hydrogens (primary N) is 1. The number of nitrogens with zero attached hydrogens (tertiary/aromatic N) is 1. The maximum absolute atomic E-state index is 15.1. The van der Waals surface area contributed by atoms with Gasteiger partial charge in [0.2, 0.25) is 10.0 Å². The SMILES string of the molecule is COC1CC([C@H](c2ccc(F)cc2)[C@H](N)C(=O)Cc2cccc(F)c2CC[C@H]2CN[C@@H]3CCCS(=O)(=O)N2C3)C1. The van der Waals surface area contributed by atoms with Crippen LogP contribution < -0.4 is 11.1 Å². The number of halogens is 2. The molecule has 0 aromatic heterocycles. The van der Waals surface area contributed by atoms with Crippen LogP contribution in [0.25, 0.3) is 0 Å². The number of sulfonamides is 1. The molecule has 1 unspecified atom stereocenters. The van der Waals surface area contributed by atoms with E-state index in [1.807, 2.05) is 0 Å². The molecule has 2 aromatic carbocycles. The molecular weight excluding hydrogens is 536 g/mol. The number of fused-ring (bicyclic) bond motifs is 2. The van der Waals surface area contributed by atoms with E-state index in [-0.39, 0.29) is 53.8 Å². The Kier molecular flexibility index (Phi) is 9.01. The molecule has 1 aliphatic carbocycles. The van der Waals surface area contributed by atoms with Crippen LogP contribution in [-0.4, -0.2) is 68.7 Å². The van der Waals surface area contributed by atoms with E-state index in [1.165, 1.54) is 18.2 Å². The zero-order valence-corrected chi connectivity index (χ0v) is 23.7. The van der Waals surface area contributed by atoms with Crippen LogP contribution in [0.3, 0.4) is 0 Å². The minimum atomic E-state index is -3.35. The minimum absolute atomic E-state index is 0.0284. The molecule has 2 aliphatic heterocycles. The lowest BCUT2D eigenvalue weighted by molar-refractivity contribution is -0.121. The summed E-state index contributed by atoms with van der Waals surface area (Å²) in [6.07, 6.45) is 3.84. The Morgan fingerprint density at radius 3 is 2.65 bits per heavy atom. The number of hydrogen-bond acceptors (Lipinski definition) is 6. The first-order valence-corrected chi connectivity index (χ1v) is 15.8. The second-order valence-electron chi connectivity index (χ2n) is 11.5. The number of Topliss-reactive ketones (excluding diaryl/α,β-unsaturated/α-hetero) is 1. The fraction of sp³-hybridized carbons (Fsp3) is 0.567. The van der Waals surface area contributed by atoms with Crippen molar-refractivity contribution in [2.45, 2.75) is 75.1 Å². The van der Waals surface area contributed by atoms with Crippen molar-refractivity contribution in [1.29, 1.82) is 0 Å². The Morgan fingerprint density at radius 1 is 1.18 bits per heavy atom. The van der Waals surface area contributed by atoms with Crippen LogP contribution in [0, 0.1) is 17.6 Å². The molecule has 0 amide bonds. The predicted octanol–water partition coefficient (Wildman–Crippen LogP) is 3.31. The summed E-state index contributed by atoms with van der Waals surface area (Å²) in [4.78, 5) is 13.6. The molecule has 0 spiro atoms. The third-order valence-corrected chi connectivity index (χ3v) is 11.0. The fourth-order valence-corrected chi connectivity index (χ4v) is 8.47. The Balaban J connectivity index is 1.31. The van der Waals surface area contributed by atoms with Gasteiger partial charge in [-0.15, -0.1) is 0 Å². The molecule has 7 nitrogen and oxygen atoms in total. The van der Waals surface area contributed by atoms with Crippen LogP contribution in [0.1, 0.15) is 54.7 Å². The average Bonchev–Trinajstić information content (AvgIpc) is 3.02. The van der Waals surface area contributed by atoms with Crippen LogP contribution in [0.4, 0.5) is 8.78 Å². The van der Waals surface area contributed by atoms with Gasteiger partial charge in [-0.3, -0.25) is 4.79 Å². The number of benzene rings is 2. The average molecular weight is 576 g/mol. The third kappa shape index (κ3) is 6.31. The van der Waals surface area contributed by atoms with Crippen LogP contribution in [0.2, 0.25) is 0 Å². The second kappa shape index (κ2) is 12.3. The number of rotatable bonds is 10. The summed E-state index contributed by atoms with van der Waals surface area (Å²) in [6, 6.07) is 9.88. The monoisotopic (exact) mass is 575 g/mol. The Hall–Kier alpha value is -2.24. The summed E-state index contributed by atoms with van der Waals surface area (Å²) >= 11 is 0. The molecular formula is C30H39F2N3O4S. The number of hydrogen-bond donors (Lipinski definition) is 2. The van der Waals surface area contributed by atoms with Crippen LogP contribution in [-0.2, 0) is 32.4 Å². The van der Waals surface area contributed by atoms with E-state index in [1.54, 1.807) is 35.7 Å². The number of carbonyl (C=O) groups is 1. The Labute approximate surface area is 235 Å². The van der Waals surface area contributed by atoms with Crippen LogP contribution in [0.15, 0.2) is 42.5 Å². The summed E-state index contributed by atoms with van der Waals surface area (Å²) in [5.74, 6) is -1.01. The molecule has 40 heavy (non-hydrogen) atoms. The highest BCUT2D eigenvalue weighted by atomic mass is 32.2. The standard InChI is InChI=1S/C30H39F2N3O4S/c1-39-25-14-21(15-25)29(19-7-9-22(31)10-8-19)30(33)28(36)16-20-4-2-6-27(32)26(20)12-11-24-17-34-23-5-3-13-40(37,38)35(24)18-23/h2,4,6-10,21,23-25,29-30,34H,3,5,11-18,33H2,1H3/t21?,23-,24+,25?,29+,30-/m1/s1. The molecule has 3 fully saturated rings. The van der Waals surface area contributed by atoms with Crippen LogP contribution >= 0.6 is 0 Å². The van der Waals surface area contributed by atoms with Gasteiger partial charge in [0.05, 0.1) is 17.9 Å². The maximum atomic E-state index is 15.1. The summed E-state index contributed by atoms with van der Waals surface area (Å²) in [5.41, 5.74) is 8.41. The number of ketones is 1. The molecule has 2 aromatic rings. The van der Waals surface area contributed by atoms with E-state index in [2.05, 4.69) is 5.32 Å². The molecule has 0 radical (unpaired) electrons. The van der Waals surface area contributed by atoms with Gasteiger partial charge in [0, 0.05) is 44.6 Å². The second-order valence-corrected chi connectivity index (χ2v) is 13.6. The van der Waals surface area contributed by atoms with E-state index in [0.29, 0.717) is 43.5 Å². The van der Waals surface area contributed by atoms with E-state index >= 15 is 4.39 Å². The van der Waals surface area contributed by atoms with Crippen molar-refractivity contribution in [2.75, 3.05) is 26.0 Å². The van der Waals surface area contributed by atoms with Crippen LogP contribution in [0.5, 0.6) is 0 Å². The molecule has 2 bridgehead atoms. The normalized spacial score (nSPS) is 29.1. The summed E-state index contributed by atoms with van der Waals surface area (Å²) in [5, 5.41) is 3.45. The molecule has 2 heterocycles. The van der Waals surface area contributed by atoms with Gasteiger partial charge >= 0.3 is 0 Å². The van der Waals surface area contributed by atoms with Crippen molar-refractivity contribution in [2.24, 2.45) is 11.7 Å². The van der Waals surface area contributed by atoms with Gasteiger partial charge in [0.15, 0.2) is 5.78 Å². The predicted molar refractivity (Wildman–Crippen MR) is 149 cm³/mol. The van der Waals surface area contributed by atoms with Gasteiger partial charge in [-0.25, -0.2) is 17.2 Å². The lowest BCUT2D eigenvalue weighted by Gasteiger charge is -2.42. The fourth-order valence-electron chi connectivity index (χ4n) is 6.66. The number of methoxy groups -OCH3 is 1. The largest absolute Gasteiger partial charge is 0.381 e. The van der Waals surface area contributed by atoms with Gasteiger partial charge in [-0.1, -0.05) is 24.3 Å². The number of piperazine rings is 1. The molecule has 3 N–H and O–H groups in total. The van der Waals surface area contributed by atoms with Crippen molar-refractivity contribution in [1.82, 2.24) is 9.62 Å². The number of ether oxygens (including phenoxy) is 1. The van der Waals surface area contributed by atoms with E-state index in [0.717, 1.165) is 24.8 Å². The summed E-state index contributed by atoms with van der Waals surface area (Å²) in [6.45, 7) is 0.973. The molecule has 2 saturated heterocycles. The first-order valence-electron chi connectivity index (χ1n) is 14.2. The van der Waals surface area contributed by atoms with E-state index in [4.69, 9.17) is 10.5 Å².